The Morgan fingerprint density at radius 2 is 0.227 bits per heavy atom. The average molecular weight is 1680 g/mol. The topological polar surface area (TPSA) is 0 Å². The van der Waals surface area contributed by atoms with Crippen LogP contribution in [0.4, 0.5) is 0 Å². The van der Waals surface area contributed by atoms with Crippen molar-refractivity contribution in [1.82, 2.24) is 0 Å². The molecule has 0 N–H and O–H groups in total. The molecule has 0 radical (unpaired) electrons. The number of hydrogen-bond donors (Lipinski definition) is 0. The highest BCUT2D eigenvalue weighted by atomic mass is 14.3. The molecule has 0 aliphatic rings. The van der Waals surface area contributed by atoms with Gasteiger partial charge in [-0.1, -0.05) is 504 Å². The molecule has 0 nitrogen and oxygen atoms in total. The lowest BCUT2D eigenvalue weighted by Crippen LogP contribution is -1.93. The van der Waals surface area contributed by atoms with E-state index in [1.165, 1.54) is 232 Å². The maximum absolute atomic E-state index is 2.40. The van der Waals surface area contributed by atoms with Gasteiger partial charge in [-0.2, -0.15) is 0 Å². The summed E-state index contributed by atoms with van der Waals surface area (Å²) in [5.74, 6) is 0. The molecule has 0 aliphatic heterocycles. The average Bonchev–Trinajstić information content (AvgIpc) is 0.733. The van der Waals surface area contributed by atoms with Crippen LogP contribution in [0, 0.1) is 0 Å². The van der Waals surface area contributed by atoms with Crippen LogP contribution in [0.3, 0.4) is 0 Å². The molecular weight excluding hydrogens is 1590 g/mol. The summed E-state index contributed by atoms with van der Waals surface area (Å²) in [5.41, 5.74) is 37.0. The van der Waals surface area contributed by atoms with Gasteiger partial charge in [0.1, 0.15) is 0 Å². The molecule has 24 aromatic carbocycles. The lowest BCUT2D eigenvalue weighted by Gasteiger charge is -2.21. The van der Waals surface area contributed by atoms with E-state index in [1.54, 1.807) is 0 Å². The number of fused-ring (bicyclic) bond motifs is 6. The van der Waals surface area contributed by atoms with Crippen LogP contribution in [0.1, 0.15) is 0 Å². The molecule has 0 saturated heterocycles. The van der Waals surface area contributed by atoms with E-state index in [-0.39, 0.29) is 0 Å². The van der Waals surface area contributed by atoms with Crippen molar-refractivity contribution >= 4 is 64.6 Å². The molecule has 0 heteroatoms. The molecule has 0 unspecified atom stereocenters. The van der Waals surface area contributed by atoms with Gasteiger partial charge < -0.3 is 0 Å². The molecule has 24 rings (SSSR count). The summed E-state index contributed by atoms with van der Waals surface area (Å²) in [6.07, 6.45) is 0. The van der Waals surface area contributed by atoms with E-state index in [0.717, 1.165) is 0 Å². The van der Waals surface area contributed by atoms with Gasteiger partial charge in [0.05, 0.1) is 0 Å². The fraction of sp³-hybridized carbons (Fsp3) is 0. The Hall–Kier alpha value is -17.2. The molecule has 0 spiro atoms. The van der Waals surface area contributed by atoms with Crippen molar-refractivity contribution < 1.29 is 0 Å². The van der Waals surface area contributed by atoms with Crippen molar-refractivity contribution in [1.29, 1.82) is 0 Å². The van der Waals surface area contributed by atoms with Crippen LogP contribution in [0.15, 0.2) is 546 Å². The van der Waals surface area contributed by atoms with E-state index in [0.29, 0.717) is 0 Å². The number of hydrogen-bond acceptors (Lipinski definition) is 0. The summed E-state index contributed by atoms with van der Waals surface area (Å²) >= 11 is 0. The Kier molecular flexibility index (Phi) is 22.4. The van der Waals surface area contributed by atoms with Crippen molar-refractivity contribution in [3.63, 3.8) is 0 Å². The molecular formula is C132H90. The van der Waals surface area contributed by atoms with Crippen LogP contribution in [0.2, 0.25) is 0 Å². The zero-order chi connectivity index (χ0) is 87.9. The molecule has 0 heterocycles. The van der Waals surface area contributed by atoms with Gasteiger partial charge >= 0.3 is 0 Å². The monoisotopic (exact) mass is 1670 g/mol. The molecule has 0 saturated carbocycles. The third-order valence-corrected chi connectivity index (χ3v) is 26.0. The second kappa shape index (κ2) is 36.7. The first-order valence-corrected chi connectivity index (χ1v) is 45.6. The Bertz CT molecular complexity index is 8280. The fourth-order valence-electron chi connectivity index (χ4n) is 19.8. The summed E-state index contributed by atoms with van der Waals surface area (Å²) in [6.45, 7) is 0. The zero-order valence-corrected chi connectivity index (χ0v) is 73.0. The highest BCUT2D eigenvalue weighted by Gasteiger charge is 2.24. The first-order valence-electron chi connectivity index (χ1n) is 45.6. The lowest BCUT2D eigenvalue weighted by atomic mass is 9.82. The molecule has 0 aromatic heterocycles. The van der Waals surface area contributed by atoms with Gasteiger partial charge in [0.25, 0.3) is 0 Å². The molecule has 0 amide bonds. The SMILES string of the molecule is c1ccc(-c2ccc(-c3c4ccccc4c(-c4cccc(-c5ccccc5)c4)c4ccc(-c5ccccc5)cc34)cc2)cc1.c1ccc(-c2cccc(-c3c4ccccc4c(-c4cccc(-c5ccccc5)c4)c4cc(-c5ccccc5)ccc34)c2)cc1.c1ccc(-c2cccc(-c3c4ccccc4c(-c4ccccc4-c4ccccc4)c4cc(-c5ccccc5)ccc34)c2)cc1. The molecule has 0 atom stereocenters. The Labute approximate surface area is 772 Å². The summed E-state index contributed by atoms with van der Waals surface area (Å²) in [7, 11) is 0. The van der Waals surface area contributed by atoms with Crippen molar-refractivity contribution in [3.05, 3.63) is 546 Å². The standard InChI is InChI=1S/3C44H30/c1-4-14-31(15-5-1)34-20-12-22-37(28-34)43-39-24-10-11-25-40(39)44(38-23-13-21-35(29-38)32-16-6-2-7-17-32)42-30-36(26-27-41(42)43)33-18-8-3-9-19-33;1-4-15-31(16-5-1)34-21-14-22-36(29-34)43-39-25-12-13-26-40(39)44(38-24-11-10-23-37(38)33-19-8-3-9-20-33)42-30-35(27-28-41(42)43)32-17-6-2-7-18-32;1-4-13-31(14-5-1)34-23-25-35(26-24-34)43-39-21-10-11-22-40(39)44(38-20-12-19-36(29-38)32-15-6-2-7-16-32)41-28-27-37(30-42(41)43)33-17-8-3-9-18-33/h3*1-30H. The molecule has 0 aliphatic carbocycles. The third kappa shape index (κ3) is 16.1. The molecule has 0 fully saturated rings. The lowest BCUT2D eigenvalue weighted by molar-refractivity contribution is 1.59. The van der Waals surface area contributed by atoms with Gasteiger partial charge in [-0.15, -0.1) is 0 Å². The van der Waals surface area contributed by atoms with Crippen LogP contribution in [0.25, 0.3) is 232 Å². The molecule has 132 heavy (non-hydrogen) atoms. The van der Waals surface area contributed by atoms with Crippen LogP contribution in [-0.4, -0.2) is 0 Å². The fourth-order valence-corrected chi connectivity index (χ4v) is 19.8. The minimum atomic E-state index is 1.22. The van der Waals surface area contributed by atoms with E-state index >= 15 is 0 Å². The van der Waals surface area contributed by atoms with E-state index in [4.69, 9.17) is 0 Å². The van der Waals surface area contributed by atoms with E-state index < -0.39 is 0 Å². The van der Waals surface area contributed by atoms with Gasteiger partial charge in [0.2, 0.25) is 0 Å². The normalized spacial score (nSPS) is 11.2. The van der Waals surface area contributed by atoms with Gasteiger partial charge in [-0.25, -0.2) is 0 Å². The van der Waals surface area contributed by atoms with Crippen molar-refractivity contribution in [3.8, 4) is 167 Å². The number of rotatable bonds is 15. The largest absolute Gasteiger partial charge is 0.0622 e. The maximum Gasteiger partial charge on any atom is -0.00199 e. The quantitative estimate of drug-likeness (QED) is 0.0898. The Morgan fingerprint density at radius 3 is 0.508 bits per heavy atom. The molecule has 0 bridgehead atoms. The number of benzene rings is 24. The van der Waals surface area contributed by atoms with Crippen LogP contribution in [-0.2, 0) is 0 Å². The van der Waals surface area contributed by atoms with Crippen molar-refractivity contribution in [2.45, 2.75) is 0 Å². The van der Waals surface area contributed by atoms with Gasteiger partial charge in [0.15, 0.2) is 0 Å². The predicted octanol–water partition coefficient (Wildman–Crippen LogP) is 37.0. The summed E-state index contributed by atoms with van der Waals surface area (Å²) < 4.78 is 0. The van der Waals surface area contributed by atoms with Gasteiger partial charge in [0, 0.05) is 0 Å². The Balaban J connectivity index is 0.000000116. The predicted molar refractivity (Wildman–Crippen MR) is 566 cm³/mol. The van der Waals surface area contributed by atoms with Gasteiger partial charge in [-0.3, -0.25) is 0 Å². The molecule has 24 aromatic rings. The van der Waals surface area contributed by atoms with E-state index in [1.807, 2.05) is 0 Å². The first kappa shape index (κ1) is 80.7. The summed E-state index contributed by atoms with van der Waals surface area (Å²) in [4.78, 5) is 0. The van der Waals surface area contributed by atoms with Gasteiger partial charge in [-0.05, 0) is 274 Å². The summed E-state index contributed by atoms with van der Waals surface area (Å²) in [5, 5.41) is 15.1. The highest BCUT2D eigenvalue weighted by Crippen LogP contribution is 2.52. The smallest absolute Gasteiger partial charge is 0.00199 e. The second-order valence-corrected chi connectivity index (χ2v) is 33.9. The second-order valence-electron chi connectivity index (χ2n) is 33.9. The van der Waals surface area contributed by atoms with Crippen molar-refractivity contribution in [2.75, 3.05) is 0 Å². The van der Waals surface area contributed by atoms with Crippen LogP contribution >= 0.6 is 0 Å². The first-order chi connectivity index (χ1) is 65.5. The highest BCUT2D eigenvalue weighted by molar-refractivity contribution is 6.26. The minimum Gasteiger partial charge on any atom is -0.0622 e. The van der Waals surface area contributed by atoms with E-state index in [2.05, 4.69) is 546 Å². The van der Waals surface area contributed by atoms with Crippen LogP contribution < -0.4 is 0 Å². The zero-order valence-electron chi connectivity index (χ0n) is 73.0. The summed E-state index contributed by atoms with van der Waals surface area (Å²) in [6, 6.07) is 198. The molecule has 618 valence electrons. The van der Waals surface area contributed by atoms with Crippen LogP contribution in [0.5, 0.6) is 0 Å². The maximum atomic E-state index is 2.40. The minimum absolute atomic E-state index is 1.22. The van der Waals surface area contributed by atoms with Crippen molar-refractivity contribution in [2.24, 2.45) is 0 Å². The van der Waals surface area contributed by atoms with E-state index in [9.17, 15) is 0 Å². The third-order valence-electron chi connectivity index (χ3n) is 26.0. The Morgan fingerprint density at radius 1 is 0.0682 bits per heavy atom.